The van der Waals surface area contributed by atoms with E-state index in [0.717, 1.165) is 18.9 Å². The van der Waals surface area contributed by atoms with Gasteiger partial charge in [-0.25, -0.2) is 4.79 Å². The molecule has 0 fully saturated rings. The maximum atomic E-state index is 11.3. The molecule has 0 saturated heterocycles. The minimum absolute atomic E-state index is 0.0229. The summed E-state index contributed by atoms with van der Waals surface area (Å²) < 4.78 is 5.18. The van der Waals surface area contributed by atoms with Crippen molar-refractivity contribution in [1.29, 1.82) is 0 Å². The predicted molar refractivity (Wildman–Crippen MR) is 73.0 cm³/mol. The maximum Gasteiger partial charge on any atom is 0.339 e. The van der Waals surface area contributed by atoms with Crippen LogP contribution in [0.2, 0.25) is 0 Å². The Morgan fingerprint density at radius 3 is 2.72 bits per heavy atom. The Morgan fingerprint density at radius 2 is 2.06 bits per heavy atom. The first kappa shape index (κ1) is 14.6. The standard InChI is InChI=1S/C15H22O3/c1-3-5-6-7-8-10-14-12(9-4-2)13(16)11-15(17)18-14/h4,11,16H,2-3,5-10H2,1H3. The highest BCUT2D eigenvalue weighted by molar-refractivity contribution is 5.34. The number of aryl methyl sites for hydroxylation is 1. The van der Waals surface area contributed by atoms with Crippen LogP contribution in [0.1, 0.15) is 50.4 Å². The minimum Gasteiger partial charge on any atom is -0.507 e. The quantitative estimate of drug-likeness (QED) is 0.566. The molecule has 1 N–H and O–H groups in total. The summed E-state index contributed by atoms with van der Waals surface area (Å²) in [5.74, 6) is 0.631. The SMILES string of the molecule is C=CCc1c(O)cc(=O)oc1CCCCCCC. The fourth-order valence-electron chi connectivity index (χ4n) is 2.01. The second-order valence-electron chi connectivity index (χ2n) is 4.51. The van der Waals surface area contributed by atoms with Gasteiger partial charge < -0.3 is 9.52 Å². The van der Waals surface area contributed by atoms with Gasteiger partial charge in [0, 0.05) is 12.0 Å². The van der Waals surface area contributed by atoms with Gasteiger partial charge in [-0.3, -0.25) is 0 Å². The van der Waals surface area contributed by atoms with E-state index in [0.29, 0.717) is 24.2 Å². The van der Waals surface area contributed by atoms with E-state index in [4.69, 9.17) is 4.42 Å². The smallest absolute Gasteiger partial charge is 0.339 e. The topological polar surface area (TPSA) is 50.4 Å². The lowest BCUT2D eigenvalue weighted by molar-refractivity contribution is 0.409. The van der Waals surface area contributed by atoms with E-state index < -0.39 is 5.63 Å². The molecule has 1 aromatic rings. The number of hydrogen-bond donors (Lipinski definition) is 1. The molecule has 0 atom stereocenters. The molecule has 0 aromatic carbocycles. The second kappa shape index (κ2) is 7.75. The molecule has 0 amide bonds. The van der Waals surface area contributed by atoms with Crippen LogP contribution in [0.3, 0.4) is 0 Å². The fourth-order valence-corrected chi connectivity index (χ4v) is 2.01. The van der Waals surface area contributed by atoms with Crippen molar-refractivity contribution in [3.05, 3.63) is 40.5 Å². The van der Waals surface area contributed by atoms with Crippen LogP contribution in [0.5, 0.6) is 5.75 Å². The molecule has 3 heteroatoms. The average molecular weight is 250 g/mol. The van der Waals surface area contributed by atoms with Crippen LogP contribution in [0.25, 0.3) is 0 Å². The molecule has 1 heterocycles. The van der Waals surface area contributed by atoms with Crippen LogP contribution < -0.4 is 5.63 Å². The molecule has 18 heavy (non-hydrogen) atoms. The molecule has 0 aliphatic rings. The number of unbranched alkanes of at least 4 members (excludes halogenated alkanes) is 4. The summed E-state index contributed by atoms with van der Waals surface area (Å²) in [6, 6.07) is 1.12. The molecule has 0 unspecified atom stereocenters. The molecule has 0 bridgehead atoms. The summed E-state index contributed by atoms with van der Waals surface area (Å²) in [6.45, 7) is 5.83. The van der Waals surface area contributed by atoms with Gasteiger partial charge in [0.1, 0.15) is 11.5 Å². The molecule has 0 saturated carbocycles. The van der Waals surface area contributed by atoms with Crippen molar-refractivity contribution in [2.24, 2.45) is 0 Å². The van der Waals surface area contributed by atoms with Crippen molar-refractivity contribution in [2.75, 3.05) is 0 Å². The van der Waals surface area contributed by atoms with Gasteiger partial charge in [-0.2, -0.15) is 0 Å². The first-order chi connectivity index (χ1) is 8.69. The Balaban J connectivity index is 2.67. The number of rotatable bonds is 8. The molecule has 0 aliphatic heterocycles. The van der Waals surface area contributed by atoms with E-state index in [9.17, 15) is 9.90 Å². The first-order valence-electron chi connectivity index (χ1n) is 6.64. The third-order valence-electron chi connectivity index (χ3n) is 2.98. The van der Waals surface area contributed by atoms with E-state index in [2.05, 4.69) is 13.5 Å². The monoisotopic (exact) mass is 250 g/mol. The van der Waals surface area contributed by atoms with Gasteiger partial charge >= 0.3 is 5.63 Å². The van der Waals surface area contributed by atoms with E-state index in [1.54, 1.807) is 6.08 Å². The van der Waals surface area contributed by atoms with Gasteiger partial charge in [-0.15, -0.1) is 6.58 Å². The van der Waals surface area contributed by atoms with Crippen LogP contribution in [0.15, 0.2) is 27.9 Å². The third-order valence-corrected chi connectivity index (χ3v) is 2.98. The van der Waals surface area contributed by atoms with Gasteiger partial charge in [0.2, 0.25) is 0 Å². The van der Waals surface area contributed by atoms with Crippen LogP contribution in [-0.4, -0.2) is 5.11 Å². The largest absolute Gasteiger partial charge is 0.507 e. The Morgan fingerprint density at radius 1 is 1.33 bits per heavy atom. The van der Waals surface area contributed by atoms with Crippen molar-refractivity contribution in [3.63, 3.8) is 0 Å². The highest BCUT2D eigenvalue weighted by Gasteiger charge is 2.10. The van der Waals surface area contributed by atoms with Crippen molar-refractivity contribution in [1.82, 2.24) is 0 Å². The van der Waals surface area contributed by atoms with E-state index in [-0.39, 0.29) is 5.75 Å². The van der Waals surface area contributed by atoms with Crippen molar-refractivity contribution >= 4 is 0 Å². The van der Waals surface area contributed by atoms with E-state index >= 15 is 0 Å². The Labute approximate surface area is 108 Å². The number of allylic oxidation sites excluding steroid dienone is 1. The zero-order valence-electron chi connectivity index (χ0n) is 11.1. The van der Waals surface area contributed by atoms with Gasteiger partial charge in [0.05, 0.1) is 6.07 Å². The Kier molecular flexibility index (Phi) is 6.26. The fraction of sp³-hybridized carbons (Fsp3) is 0.533. The van der Waals surface area contributed by atoms with Crippen molar-refractivity contribution in [3.8, 4) is 5.75 Å². The normalized spacial score (nSPS) is 10.5. The highest BCUT2D eigenvalue weighted by atomic mass is 16.4. The van der Waals surface area contributed by atoms with Crippen molar-refractivity contribution < 1.29 is 9.52 Å². The van der Waals surface area contributed by atoms with Crippen molar-refractivity contribution in [2.45, 2.75) is 51.9 Å². The van der Waals surface area contributed by atoms with Crippen LogP contribution in [0, 0.1) is 0 Å². The molecule has 0 radical (unpaired) electrons. The average Bonchev–Trinajstić information content (AvgIpc) is 2.33. The van der Waals surface area contributed by atoms with E-state index in [1.165, 1.54) is 19.3 Å². The summed E-state index contributed by atoms with van der Waals surface area (Å²) in [4.78, 5) is 11.3. The number of hydrogen-bond acceptors (Lipinski definition) is 3. The van der Waals surface area contributed by atoms with Gasteiger partial charge in [-0.05, 0) is 12.8 Å². The zero-order valence-corrected chi connectivity index (χ0v) is 11.1. The second-order valence-corrected chi connectivity index (χ2v) is 4.51. The Hall–Kier alpha value is -1.51. The van der Waals surface area contributed by atoms with Gasteiger partial charge in [-0.1, -0.05) is 38.7 Å². The lowest BCUT2D eigenvalue weighted by Crippen LogP contribution is -2.04. The lowest BCUT2D eigenvalue weighted by atomic mass is 10.0. The molecular weight excluding hydrogens is 228 g/mol. The first-order valence-corrected chi connectivity index (χ1v) is 6.64. The molecule has 100 valence electrons. The lowest BCUT2D eigenvalue weighted by Gasteiger charge is -2.07. The molecule has 0 spiro atoms. The van der Waals surface area contributed by atoms with Gasteiger partial charge in [0.15, 0.2) is 0 Å². The summed E-state index contributed by atoms with van der Waals surface area (Å²) >= 11 is 0. The van der Waals surface area contributed by atoms with Crippen LogP contribution in [-0.2, 0) is 12.8 Å². The van der Waals surface area contributed by atoms with Gasteiger partial charge in [0.25, 0.3) is 0 Å². The minimum atomic E-state index is -0.483. The Bertz CT molecular complexity index is 432. The van der Waals surface area contributed by atoms with E-state index in [1.807, 2.05) is 0 Å². The summed E-state index contributed by atoms with van der Waals surface area (Å²) in [5.41, 5.74) is 0.212. The molecule has 0 aliphatic carbocycles. The maximum absolute atomic E-state index is 11.3. The van der Waals surface area contributed by atoms with Crippen LogP contribution in [0.4, 0.5) is 0 Å². The predicted octanol–water partition coefficient (Wildman–Crippen LogP) is 3.59. The zero-order chi connectivity index (χ0) is 13.4. The highest BCUT2D eigenvalue weighted by Crippen LogP contribution is 2.21. The molecule has 1 aromatic heterocycles. The summed E-state index contributed by atoms with van der Waals surface area (Å²) in [7, 11) is 0. The molecule has 1 rings (SSSR count). The summed E-state index contributed by atoms with van der Waals surface area (Å²) in [5, 5.41) is 9.74. The third kappa shape index (κ3) is 4.40. The summed E-state index contributed by atoms with van der Waals surface area (Å²) in [6.07, 6.45) is 8.70. The molecular formula is C15H22O3. The number of aromatic hydroxyl groups is 1. The molecule has 3 nitrogen and oxygen atoms in total. The van der Waals surface area contributed by atoms with Crippen LogP contribution >= 0.6 is 0 Å².